The van der Waals surface area contributed by atoms with Crippen LogP contribution in [0.3, 0.4) is 0 Å². The van der Waals surface area contributed by atoms with E-state index in [0.717, 1.165) is 0 Å². The summed E-state index contributed by atoms with van der Waals surface area (Å²) in [6.45, 7) is 0. The molecule has 0 atom stereocenters. The minimum atomic E-state index is -0.613. The molecule has 4 heteroatoms. The van der Waals surface area contributed by atoms with Crippen molar-refractivity contribution in [3.05, 3.63) is 28.8 Å². The van der Waals surface area contributed by atoms with Crippen molar-refractivity contribution in [2.75, 3.05) is 7.11 Å². The van der Waals surface area contributed by atoms with Gasteiger partial charge in [0.25, 0.3) is 5.24 Å². The van der Waals surface area contributed by atoms with Gasteiger partial charge in [-0.2, -0.15) is 0 Å². The molecule has 1 aromatic carbocycles. The van der Waals surface area contributed by atoms with Crippen LogP contribution in [0.5, 0.6) is 5.75 Å². The molecule has 0 bridgehead atoms. The van der Waals surface area contributed by atoms with E-state index in [2.05, 4.69) is 0 Å². The third kappa shape index (κ3) is 1.71. The van der Waals surface area contributed by atoms with E-state index in [4.69, 9.17) is 27.9 Å². The van der Waals surface area contributed by atoms with Crippen LogP contribution in [0.25, 0.3) is 0 Å². The maximum atomic E-state index is 10.8. The molecule has 0 unspecified atom stereocenters. The van der Waals surface area contributed by atoms with Gasteiger partial charge in [-0.05, 0) is 23.7 Å². The second-order valence-corrected chi connectivity index (χ2v) is 2.84. The minimum absolute atomic E-state index is 0.211. The van der Waals surface area contributed by atoms with Crippen LogP contribution in [0.2, 0.25) is 5.02 Å². The Morgan fingerprint density at radius 1 is 1.50 bits per heavy atom. The first-order valence-electron chi connectivity index (χ1n) is 3.19. The number of halogens is 2. The number of hydrogen-bond donors (Lipinski definition) is 0. The average molecular weight is 205 g/mol. The highest BCUT2D eigenvalue weighted by molar-refractivity contribution is 6.69. The Morgan fingerprint density at radius 2 is 2.17 bits per heavy atom. The lowest BCUT2D eigenvalue weighted by Crippen LogP contribution is -1.95. The lowest BCUT2D eigenvalue weighted by Gasteiger charge is -2.04. The molecule has 0 spiro atoms. The average Bonchev–Trinajstić information content (AvgIpc) is 2.03. The summed E-state index contributed by atoms with van der Waals surface area (Å²) in [5, 5.41) is -0.313. The highest BCUT2D eigenvalue weighted by Crippen LogP contribution is 2.27. The van der Waals surface area contributed by atoms with Crippen LogP contribution in [0.1, 0.15) is 10.4 Å². The van der Waals surface area contributed by atoms with Crippen LogP contribution < -0.4 is 4.74 Å². The molecule has 0 radical (unpaired) electrons. The van der Waals surface area contributed by atoms with Crippen LogP contribution in [-0.4, -0.2) is 12.4 Å². The van der Waals surface area contributed by atoms with Crippen molar-refractivity contribution in [3.63, 3.8) is 0 Å². The molecule has 0 aliphatic heterocycles. The Labute approximate surface area is 80.0 Å². The molecule has 0 saturated heterocycles. The normalized spacial score (nSPS) is 9.58. The molecule has 64 valence electrons. The summed E-state index contributed by atoms with van der Waals surface area (Å²) in [6, 6.07) is 4.89. The van der Waals surface area contributed by atoms with Gasteiger partial charge in [0.2, 0.25) is 0 Å². The van der Waals surface area contributed by atoms with Crippen LogP contribution in [0, 0.1) is 0 Å². The summed E-state index contributed by atoms with van der Waals surface area (Å²) < 4.78 is 4.90. The molecule has 0 amide bonds. The van der Waals surface area contributed by atoms with Gasteiger partial charge in [0, 0.05) is 0 Å². The van der Waals surface area contributed by atoms with E-state index in [1.807, 2.05) is 0 Å². The van der Waals surface area contributed by atoms with Crippen LogP contribution in [0.4, 0.5) is 0 Å². The smallest absolute Gasteiger partial charge is 0.257 e. The van der Waals surface area contributed by atoms with E-state index in [-0.39, 0.29) is 5.56 Å². The zero-order chi connectivity index (χ0) is 9.14. The van der Waals surface area contributed by atoms with E-state index >= 15 is 0 Å². The number of carbonyl (C=O) groups is 1. The third-order valence-electron chi connectivity index (χ3n) is 1.39. The molecule has 0 fully saturated rings. The predicted molar refractivity (Wildman–Crippen MR) is 48.2 cm³/mol. The summed E-state index contributed by atoms with van der Waals surface area (Å²) in [4.78, 5) is 10.8. The summed E-state index contributed by atoms with van der Waals surface area (Å²) >= 11 is 11.0. The lowest BCUT2D eigenvalue weighted by atomic mass is 10.2. The summed E-state index contributed by atoms with van der Waals surface area (Å²) in [5.74, 6) is 0.391. The zero-order valence-electron chi connectivity index (χ0n) is 6.30. The highest BCUT2D eigenvalue weighted by atomic mass is 35.5. The number of hydrogen-bond acceptors (Lipinski definition) is 2. The lowest BCUT2D eigenvalue weighted by molar-refractivity contribution is 0.107. The first kappa shape index (κ1) is 9.36. The SMILES string of the molecule is COc1cccc(Cl)c1C(=O)Cl. The van der Waals surface area contributed by atoms with Gasteiger partial charge in [-0.1, -0.05) is 17.7 Å². The van der Waals surface area contributed by atoms with Crippen LogP contribution in [0.15, 0.2) is 18.2 Å². The maximum absolute atomic E-state index is 10.8. The minimum Gasteiger partial charge on any atom is -0.496 e. The summed E-state index contributed by atoms with van der Waals surface area (Å²) in [6.07, 6.45) is 0. The molecule has 1 rings (SSSR count). The molecule has 0 saturated carbocycles. The number of ether oxygens (including phenoxy) is 1. The molecule has 0 aliphatic carbocycles. The molecule has 12 heavy (non-hydrogen) atoms. The number of rotatable bonds is 2. The summed E-state index contributed by atoms with van der Waals surface area (Å²) in [7, 11) is 1.45. The first-order chi connectivity index (χ1) is 5.66. The number of methoxy groups -OCH3 is 1. The Balaban J connectivity index is 3.29. The monoisotopic (exact) mass is 204 g/mol. The van der Waals surface area contributed by atoms with E-state index < -0.39 is 5.24 Å². The first-order valence-corrected chi connectivity index (χ1v) is 3.94. The molecular weight excluding hydrogens is 199 g/mol. The van der Waals surface area contributed by atoms with Crippen molar-refractivity contribution in [1.29, 1.82) is 0 Å². The van der Waals surface area contributed by atoms with Gasteiger partial charge in [-0.25, -0.2) is 0 Å². The van der Waals surface area contributed by atoms with Crippen molar-refractivity contribution in [1.82, 2.24) is 0 Å². The Hall–Kier alpha value is -0.730. The molecule has 0 N–H and O–H groups in total. The van der Waals surface area contributed by atoms with Crippen LogP contribution in [-0.2, 0) is 0 Å². The Kier molecular flexibility index (Phi) is 2.95. The second kappa shape index (κ2) is 3.78. The molecule has 1 aromatic rings. The largest absolute Gasteiger partial charge is 0.496 e. The number of benzene rings is 1. The van der Waals surface area contributed by atoms with Crippen molar-refractivity contribution in [2.45, 2.75) is 0 Å². The molecule has 0 aliphatic rings. The molecule has 0 heterocycles. The fourth-order valence-corrected chi connectivity index (χ4v) is 1.36. The van der Waals surface area contributed by atoms with Gasteiger partial charge in [0.1, 0.15) is 5.75 Å². The fourth-order valence-electron chi connectivity index (χ4n) is 0.865. The standard InChI is InChI=1S/C8H6Cl2O2/c1-12-6-4-2-3-5(9)7(6)8(10)11/h2-4H,1H3. The predicted octanol–water partition coefficient (Wildman–Crippen LogP) is 2.73. The quantitative estimate of drug-likeness (QED) is 0.693. The number of carbonyl (C=O) groups excluding carboxylic acids is 1. The van der Waals surface area contributed by atoms with Gasteiger partial charge in [-0.15, -0.1) is 0 Å². The molecular formula is C8H6Cl2O2. The Bertz CT molecular complexity index is 310. The zero-order valence-corrected chi connectivity index (χ0v) is 7.82. The highest BCUT2D eigenvalue weighted by Gasteiger charge is 2.13. The third-order valence-corrected chi connectivity index (χ3v) is 1.90. The van der Waals surface area contributed by atoms with E-state index in [1.54, 1.807) is 18.2 Å². The van der Waals surface area contributed by atoms with Gasteiger partial charge in [0.05, 0.1) is 17.7 Å². The van der Waals surface area contributed by atoms with Crippen molar-refractivity contribution in [2.24, 2.45) is 0 Å². The van der Waals surface area contributed by atoms with E-state index in [9.17, 15) is 4.79 Å². The van der Waals surface area contributed by atoms with Gasteiger partial charge in [-0.3, -0.25) is 4.79 Å². The topological polar surface area (TPSA) is 26.3 Å². The Morgan fingerprint density at radius 3 is 2.58 bits per heavy atom. The second-order valence-electron chi connectivity index (χ2n) is 2.09. The van der Waals surface area contributed by atoms with E-state index in [1.165, 1.54) is 7.11 Å². The van der Waals surface area contributed by atoms with Gasteiger partial charge < -0.3 is 4.74 Å². The van der Waals surface area contributed by atoms with E-state index in [0.29, 0.717) is 10.8 Å². The van der Waals surface area contributed by atoms with Crippen molar-refractivity contribution in [3.8, 4) is 5.75 Å². The summed E-state index contributed by atoms with van der Waals surface area (Å²) in [5.41, 5.74) is 0.211. The van der Waals surface area contributed by atoms with Gasteiger partial charge in [0.15, 0.2) is 0 Å². The molecule has 2 nitrogen and oxygen atoms in total. The van der Waals surface area contributed by atoms with Gasteiger partial charge >= 0.3 is 0 Å². The van der Waals surface area contributed by atoms with Crippen LogP contribution >= 0.6 is 23.2 Å². The van der Waals surface area contributed by atoms with Crippen molar-refractivity contribution < 1.29 is 9.53 Å². The van der Waals surface area contributed by atoms with Crippen molar-refractivity contribution >= 4 is 28.4 Å². The maximum Gasteiger partial charge on any atom is 0.257 e. The fraction of sp³-hybridized carbons (Fsp3) is 0.125. The molecule has 0 aromatic heterocycles.